The number of carbonyl (C=O) groups excluding carboxylic acids is 2. The van der Waals surface area contributed by atoms with E-state index < -0.39 is 22.6 Å². The number of thiazole rings is 1. The van der Waals surface area contributed by atoms with Crippen molar-refractivity contribution in [2.45, 2.75) is 6.54 Å². The molecule has 0 aliphatic rings. The summed E-state index contributed by atoms with van der Waals surface area (Å²) in [5.74, 6) is -1.63. The number of aromatic nitrogens is 1. The molecule has 0 saturated heterocycles. The number of carbonyl (C=O) groups is 2. The van der Waals surface area contributed by atoms with Gasteiger partial charge in [-0.05, 0) is 29.8 Å². The predicted molar refractivity (Wildman–Crippen MR) is 104 cm³/mol. The average molecular weight is 415 g/mol. The summed E-state index contributed by atoms with van der Waals surface area (Å²) >= 11 is 1.05. The summed E-state index contributed by atoms with van der Waals surface area (Å²) in [5.41, 5.74) is 0.901. The number of nitro groups is 1. The van der Waals surface area contributed by atoms with Crippen molar-refractivity contribution in [3.05, 3.63) is 74.8 Å². The Labute approximate surface area is 167 Å². The van der Waals surface area contributed by atoms with E-state index in [2.05, 4.69) is 9.73 Å². The van der Waals surface area contributed by atoms with Crippen molar-refractivity contribution in [1.82, 2.24) is 4.57 Å². The van der Waals surface area contributed by atoms with Crippen LogP contribution >= 0.6 is 11.3 Å². The third kappa shape index (κ3) is 4.79. The molecule has 0 aliphatic heterocycles. The van der Waals surface area contributed by atoms with Crippen molar-refractivity contribution in [2.75, 3.05) is 7.11 Å². The monoisotopic (exact) mass is 415 g/mol. The molecular formula is C19H14FN3O5S. The molecule has 0 saturated carbocycles. The number of nitro benzene ring substituents is 1. The van der Waals surface area contributed by atoms with Crippen molar-refractivity contribution < 1.29 is 23.6 Å². The molecule has 0 fully saturated rings. The van der Waals surface area contributed by atoms with Crippen LogP contribution in [-0.2, 0) is 20.9 Å². The van der Waals surface area contributed by atoms with Crippen LogP contribution in [0, 0.1) is 15.9 Å². The van der Waals surface area contributed by atoms with Gasteiger partial charge in [0.05, 0.1) is 22.2 Å². The van der Waals surface area contributed by atoms with Gasteiger partial charge in [0.15, 0.2) is 4.80 Å². The van der Waals surface area contributed by atoms with Gasteiger partial charge in [-0.2, -0.15) is 4.99 Å². The normalized spacial score (nSPS) is 11.9. The molecule has 2 aromatic carbocycles. The van der Waals surface area contributed by atoms with Gasteiger partial charge in [-0.25, -0.2) is 4.39 Å². The molecule has 3 rings (SSSR count). The number of hydrogen-bond donors (Lipinski definition) is 0. The van der Waals surface area contributed by atoms with Crippen LogP contribution in [0.3, 0.4) is 0 Å². The van der Waals surface area contributed by atoms with Gasteiger partial charge in [-0.1, -0.05) is 23.5 Å². The molecule has 0 bridgehead atoms. The van der Waals surface area contributed by atoms with Crippen LogP contribution in [0.1, 0.15) is 5.56 Å². The van der Waals surface area contributed by atoms with Gasteiger partial charge >= 0.3 is 5.97 Å². The number of amides is 1. The maximum atomic E-state index is 13.5. The Bertz CT molecular complexity index is 1210. The molecule has 0 N–H and O–H groups in total. The number of ether oxygens (including phenoxy) is 1. The third-order valence-corrected chi connectivity index (χ3v) is 4.91. The van der Waals surface area contributed by atoms with Crippen molar-refractivity contribution in [1.29, 1.82) is 0 Å². The van der Waals surface area contributed by atoms with E-state index in [1.807, 2.05) is 0 Å². The number of halogens is 1. The highest BCUT2D eigenvalue weighted by atomic mass is 32.1. The molecule has 1 amide bonds. The maximum Gasteiger partial charge on any atom is 0.325 e. The van der Waals surface area contributed by atoms with Gasteiger partial charge in [-0.3, -0.25) is 19.7 Å². The van der Waals surface area contributed by atoms with Gasteiger partial charge in [0.2, 0.25) is 0 Å². The molecule has 0 spiro atoms. The van der Waals surface area contributed by atoms with E-state index in [1.54, 1.807) is 6.07 Å². The molecular weight excluding hydrogens is 401 g/mol. The second-order valence-corrected chi connectivity index (χ2v) is 6.80. The minimum absolute atomic E-state index is 0.0982. The van der Waals surface area contributed by atoms with Crippen molar-refractivity contribution >= 4 is 45.2 Å². The zero-order chi connectivity index (χ0) is 21.0. The first kappa shape index (κ1) is 20.1. The third-order valence-electron chi connectivity index (χ3n) is 3.86. The second-order valence-electron chi connectivity index (χ2n) is 5.79. The Balaban J connectivity index is 1.97. The highest BCUT2D eigenvalue weighted by Gasteiger charge is 2.12. The van der Waals surface area contributed by atoms with Gasteiger partial charge in [0.1, 0.15) is 12.4 Å². The predicted octanol–water partition coefficient (Wildman–Crippen LogP) is 3.06. The van der Waals surface area contributed by atoms with Crippen LogP contribution < -0.4 is 4.80 Å². The van der Waals surface area contributed by atoms with Crippen molar-refractivity contribution in [3.63, 3.8) is 0 Å². The number of methoxy groups -OCH3 is 1. The molecule has 0 radical (unpaired) electrons. The first-order valence-electron chi connectivity index (χ1n) is 8.24. The molecule has 0 aliphatic carbocycles. The smallest absolute Gasteiger partial charge is 0.325 e. The van der Waals surface area contributed by atoms with Gasteiger partial charge in [-0.15, -0.1) is 0 Å². The largest absolute Gasteiger partial charge is 0.468 e. The van der Waals surface area contributed by atoms with Crippen molar-refractivity contribution in [3.8, 4) is 0 Å². The fourth-order valence-electron chi connectivity index (χ4n) is 2.52. The topological polar surface area (TPSA) is 104 Å². The number of esters is 1. The van der Waals surface area contributed by atoms with E-state index in [-0.39, 0.29) is 17.0 Å². The van der Waals surface area contributed by atoms with Crippen LogP contribution in [0.25, 0.3) is 16.3 Å². The number of hydrogen-bond acceptors (Lipinski definition) is 6. The van der Waals surface area contributed by atoms with E-state index in [1.165, 1.54) is 54.2 Å². The maximum absolute atomic E-state index is 13.5. The Morgan fingerprint density at radius 3 is 2.83 bits per heavy atom. The first-order valence-corrected chi connectivity index (χ1v) is 9.06. The summed E-state index contributed by atoms with van der Waals surface area (Å²) in [7, 11) is 1.24. The van der Waals surface area contributed by atoms with E-state index in [9.17, 15) is 24.1 Å². The van der Waals surface area contributed by atoms with E-state index in [0.29, 0.717) is 15.8 Å². The van der Waals surface area contributed by atoms with Gasteiger partial charge in [0.25, 0.3) is 11.6 Å². The first-order chi connectivity index (χ1) is 13.9. The Hall–Kier alpha value is -3.66. The lowest BCUT2D eigenvalue weighted by Gasteiger charge is -2.03. The molecule has 8 nitrogen and oxygen atoms in total. The molecule has 0 atom stereocenters. The van der Waals surface area contributed by atoms with E-state index in [4.69, 9.17) is 0 Å². The van der Waals surface area contributed by atoms with E-state index >= 15 is 0 Å². The standard InChI is InChI=1S/C19H14FN3O5S/c1-28-18(25)11-22-15-7-6-13(20)10-16(15)29-19(22)21-17(24)8-5-12-3-2-4-14(9-12)23(26)27/h2-10H,11H2,1H3/b8-5+,21-19?. The van der Waals surface area contributed by atoms with E-state index in [0.717, 1.165) is 17.4 Å². The lowest BCUT2D eigenvalue weighted by atomic mass is 10.2. The summed E-state index contributed by atoms with van der Waals surface area (Å²) in [6.45, 7) is -0.192. The molecule has 148 valence electrons. The quantitative estimate of drug-likeness (QED) is 0.276. The highest BCUT2D eigenvalue weighted by molar-refractivity contribution is 7.16. The van der Waals surface area contributed by atoms with Crippen LogP contribution in [0.15, 0.2) is 53.5 Å². The molecule has 1 aromatic heterocycles. The zero-order valence-corrected chi connectivity index (χ0v) is 15.9. The average Bonchev–Trinajstić information content (AvgIpc) is 3.02. The zero-order valence-electron chi connectivity index (χ0n) is 15.1. The molecule has 1 heterocycles. The fraction of sp³-hybridized carbons (Fsp3) is 0.105. The van der Waals surface area contributed by atoms with Crippen LogP contribution in [0.5, 0.6) is 0 Å². The number of benzene rings is 2. The lowest BCUT2D eigenvalue weighted by molar-refractivity contribution is -0.384. The number of non-ortho nitro benzene ring substituents is 1. The summed E-state index contributed by atoms with van der Waals surface area (Å²) in [6, 6.07) is 9.80. The van der Waals surface area contributed by atoms with Gasteiger partial charge in [0, 0.05) is 18.2 Å². The lowest BCUT2D eigenvalue weighted by Crippen LogP contribution is -2.22. The molecule has 0 unspecified atom stereocenters. The van der Waals surface area contributed by atoms with Gasteiger partial charge < -0.3 is 9.30 Å². The Morgan fingerprint density at radius 2 is 2.10 bits per heavy atom. The minimum Gasteiger partial charge on any atom is -0.468 e. The summed E-state index contributed by atoms with van der Waals surface area (Å²) in [4.78, 5) is 38.5. The summed E-state index contributed by atoms with van der Waals surface area (Å²) in [5, 5.41) is 10.8. The number of fused-ring (bicyclic) bond motifs is 1. The Morgan fingerprint density at radius 1 is 1.31 bits per heavy atom. The molecule has 10 heteroatoms. The minimum atomic E-state index is -0.637. The SMILES string of the molecule is COC(=O)Cn1c(=NC(=O)/C=C/c2cccc([N+](=O)[O-])c2)sc2cc(F)ccc21. The molecule has 29 heavy (non-hydrogen) atoms. The Kier molecular flexibility index (Phi) is 5.93. The fourth-order valence-corrected chi connectivity index (χ4v) is 3.58. The highest BCUT2D eigenvalue weighted by Crippen LogP contribution is 2.19. The molecule has 3 aromatic rings. The summed E-state index contributed by atoms with van der Waals surface area (Å²) in [6.07, 6.45) is 2.56. The second kappa shape index (κ2) is 8.57. The number of nitrogens with zero attached hydrogens (tertiary/aromatic N) is 3. The van der Waals surface area contributed by atoms with Crippen LogP contribution in [-0.4, -0.2) is 28.5 Å². The van der Waals surface area contributed by atoms with Crippen LogP contribution in [0.2, 0.25) is 0 Å². The number of rotatable bonds is 5. The van der Waals surface area contributed by atoms with Crippen LogP contribution in [0.4, 0.5) is 10.1 Å². The summed E-state index contributed by atoms with van der Waals surface area (Å²) < 4.78 is 20.2. The van der Waals surface area contributed by atoms with Crippen molar-refractivity contribution in [2.24, 2.45) is 4.99 Å².